The Kier molecular flexibility index (Phi) is 4.39. The predicted molar refractivity (Wildman–Crippen MR) is 89.0 cm³/mol. The fourth-order valence-corrected chi connectivity index (χ4v) is 2.32. The second-order valence-electron chi connectivity index (χ2n) is 5.37. The van der Waals surface area contributed by atoms with Gasteiger partial charge in [0.05, 0.1) is 17.7 Å². The topological polar surface area (TPSA) is 78.9 Å². The Hall–Kier alpha value is -3.39. The molecule has 3 aromatic rings. The molecule has 3 rings (SSSR count). The Morgan fingerprint density at radius 1 is 1.17 bits per heavy atom. The third-order valence-corrected chi connectivity index (χ3v) is 3.69. The molecule has 1 unspecified atom stereocenters. The van der Waals surface area contributed by atoms with Crippen LogP contribution in [0.3, 0.4) is 0 Å². The summed E-state index contributed by atoms with van der Waals surface area (Å²) < 4.78 is 5.24. The third kappa shape index (κ3) is 3.33. The number of nitrogens with zero attached hydrogens (tertiary/aromatic N) is 2. The van der Waals surface area contributed by atoms with Crippen molar-refractivity contribution < 1.29 is 9.32 Å². The maximum Gasteiger partial charge on any atom is 0.273 e. The molecule has 1 amide bonds. The van der Waals surface area contributed by atoms with Crippen molar-refractivity contribution in [3.05, 3.63) is 77.5 Å². The molecular formula is C19H15N3O2. The van der Waals surface area contributed by atoms with Gasteiger partial charge in [0, 0.05) is 11.6 Å². The average molecular weight is 317 g/mol. The molecule has 0 saturated heterocycles. The number of amides is 1. The molecule has 0 saturated carbocycles. The van der Waals surface area contributed by atoms with Gasteiger partial charge < -0.3 is 9.84 Å². The first-order valence-corrected chi connectivity index (χ1v) is 7.50. The Morgan fingerprint density at radius 2 is 1.88 bits per heavy atom. The smallest absolute Gasteiger partial charge is 0.273 e. The van der Waals surface area contributed by atoms with E-state index < -0.39 is 0 Å². The molecule has 1 heterocycles. The Bertz CT molecular complexity index is 877. The lowest BCUT2D eigenvalue weighted by Crippen LogP contribution is -2.26. The molecule has 0 aliphatic carbocycles. The molecule has 0 aliphatic heterocycles. The van der Waals surface area contributed by atoms with E-state index in [4.69, 9.17) is 9.78 Å². The molecule has 1 aromatic heterocycles. The van der Waals surface area contributed by atoms with E-state index in [1.165, 1.54) is 0 Å². The van der Waals surface area contributed by atoms with Gasteiger partial charge in [-0.2, -0.15) is 5.26 Å². The fourth-order valence-electron chi connectivity index (χ4n) is 2.32. The molecule has 0 aliphatic rings. The molecule has 5 nitrogen and oxygen atoms in total. The highest BCUT2D eigenvalue weighted by molar-refractivity contribution is 5.93. The molecule has 0 bridgehead atoms. The third-order valence-electron chi connectivity index (χ3n) is 3.69. The quantitative estimate of drug-likeness (QED) is 0.795. The van der Waals surface area contributed by atoms with E-state index in [2.05, 4.69) is 16.5 Å². The summed E-state index contributed by atoms with van der Waals surface area (Å²) in [5.41, 5.74) is 2.59. The number of hydrogen-bond donors (Lipinski definition) is 1. The molecule has 118 valence electrons. The summed E-state index contributed by atoms with van der Waals surface area (Å²) in [6.45, 7) is 1.87. The monoisotopic (exact) mass is 317 g/mol. The number of aromatic nitrogens is 1. The van der Waals surface area contributed by atoms with Crippen LogP contribution in [0.4, 0.5) is 0 Å². The van der Waals surface area contributed by atoms with Gasteiger partial charge in [-0.3, -0.25) is 4.79 Å². The van der Waals surface area contributed by atoms with E-state index in [1.807, 2.05) is 49.4 Å². The van der Waals surface area contributed by atoms with Crippen LogP contribution in [0.15, 0.2) is 65.2 Å². The van der Waals surface area contributed by atoms with Crippen molar-refractivity contribution in [1.82, 2.24) is 10.5 Å². The van der Waals surface area contributed by atoms with Gasteiger partial charge in [-0.1, -0.05) is 47.6 Å². The molecule has 1 N–H and O–H groups in total. The second kappa shape index (κ2) is 6.80. The summed E-state index contributed by atoms with van der Waals surface area (Å²) in [5, 5.41) is 15.5. The lowest BCUT2D eigenvalue weighted by Gasteiger charge is -2.13. The van der Waals surface area contributed by atoms with Crippen LogP contribution in [0.25, 0.3) is 11.3 Å². The largest absolute Gasteiger partial charge is 0.355 e. The normalized spacial score (nSPS) is 11.5. The van der Waals surface area contributed by atoms with Crippen molar-refractivity contribution >= 4 is 5.91 Å². The number of carbonyl (C=O) groups excluding carboxylic acids is 1. The van der Waals surface area contributed by atoms with Gasteiger partial charge in [0.25, 0.3) is 5.91 Å². The van der Waals surface area contributed by atoms with Crippen LogP contribution in [-0.4, -0.2) is 11.1 Å². The molecule has 0 spiro atoms. The van der Waals surface area contributed by atoms with Crippen LogP contribution < -0.4 is 5.32 Å². The van der Waals surface area contributed by atoms with E-state index in [1.54, 1.807) is 18.2 Å². The van der Waals surface area contributed by atoms with Crippen LogP contribution in [0.2, 0.25) is 0 Å². The van der Waals surface area contributed by atoms with Gasteiger partial charge in [-0.25, -0.2) is 0 Å². The van der Waals surface area contributed by atoms with Crippen LogP contribution in [0.1, 0.15) is 34.6 Å². The highest BCUT2D eigenvalue weighted by atomic mass is 16.5. The van der Waals surface area contributed by atoms with E-state index in [0.29, 0.717) is 11.3 Å². The van der Waals surface area contributed by atoms with Crippen molar-refractivity contribution in [1.29, 1.82) is 5.26 Å². The lowest BCUT2D eigenvalue weighted by atomic mass is 10.1. The van der Waals surface area contributed by atoms with E-state index >= 15 is 0 Å². The van der Waals surface area contributed by atoms with E-state index in [-0.39, 0.29) is 17.6 Å². The zero-order chi connectivity index (χ0) is 16.9. The predicted octanol–water partition coefficient (Wildman–Crippen LogP) is 3.70. The average Bonchev–Trinajstić information content (AvgIpc) is 3.13. The zero-order valence-electron chi connectivity index (χ0n) is 13.1. The summed E-state index contributed by atoms with van der Waals surface area (Å²) in [4.78, 5) is 12.3. The van der Waals surface area contributed by atoms with Gasteiger partial charge in [-0.15, -0.1) is 0 Å². The summed E-state index contributed by atoms with van der Waals surface area (Å²) in [6.07, 6.45) is 0. The Labute approximate surface area is 139 Å². The molecule has 0 radical (unpaired) electrons. The first-order valence-electron chi connectivity index (χ1n) is 7.50. The number of benzene rings is 2. The maximum atomic E-state index is 12.3. The van der Waals surface area contributed by atoms with Gasteiger partial charge in [-0.05, 0) is 24.6 Å². The summed E-state index contributed by atoms with van der Waals surface area (Å²) >= 11 is 0. The van der Waals surface area contributed by atoms with Crippen molar-refractivity contribution in [2.45, 2.75) is 13.0 Å². The van der Waals surface area contributed by atoms with Crippen LogP contribution in [0.5, 0.6) is 0 Å². The number of rotatable bonds is 4. The van der Waals surface area contributed by atoms with Crippen LogP contribution in [0, 0.1) is 11.3 Å². The van der Waals surface area contributed by atoms with Gasteiger partial charge in [0.2, 0.25) is 0 Å². The van der Waals surface area contributed by atoms with Crippen molar-refractivity contribution in [2.24, 2.45) is 0 Å². The first-order chi connectivity index (χ1) is 11.7. The maximum absolute atomic E-state index is 12.3. The SMILES string of the molecule is CC(NC(=O)c1cc(-c2ccccc2)on1)c1ccc(C#N)cc1. The van der Waals surface area contributed by atoms with Gasteiger partial charge in [0.1, 0.15) is 0 Å². The molecule has 1 atom stereocenters. The van der Waals surface area contributed by atoms with Crippen molar-refractivity contribution in [3.8, 4) is 17.4 Å². The number of nitrogens with one attached hydrogen (secondary N) is 1. The second-order valence-corrected chi connectivity index (χ2v) is 5.37. The Balaban J connectivity index is 1.70. The fraction of sp³-hybridized carbons (Fsp3) is 0.105. The lowest BCUT2D eigenvalue weighted by molar-refractivity contribution is 0.0931. The van der Waals surface area contributed by atoms with Crippen LogP contribution >= 0.6 is 0 Å². The standard InChI is InChI=1S/C19H15N3O2/c1-13(15-9-7-14(12-20)8-10-15)21-19(23)17-11-18(24-22-17)16-5-3-2-4-6-16/h2-11,13H,1H3,(H,21,23). The molecule has 2 aromatic carbocycles. The summed E-state index contributed by atoms with van der Waals surface area (Å²) in [6, 6.07) is 20.1. The van der Waals surface area contributed by atoms with Gasteiger partial charge >= 0.3 is 0 Å². The van der Waals surface area contributed by atoms with Crippen molar-refractivity contribution in [2.75, 3.05) is 0 Å². The Morgan fingerprint density at radius 3 is 2.54 bits per heavy atom. The molecular weight excluding hydrogens is 302 g/mol. The minimum Gasteiger partial charge on any atom is -0.355 e. The number of hydrogen-bond acceptors (Lipinski definition) is 4. The highest BCUT2D eigenvalue weighted by Gasteiger charge is 2.16. The van der Waals surface area contributed by atoms with Crippen LogP contribution in [-0.2, 0) is 0 Å². The number of nitriles is 1. The van der Waals surface area contributed by atoms with E-state index in [9.17, 15) is 4.79 Å². The first kappa shape index (κ1) is 15.5. The van der Waals surface area contributed by atoms with Gasteiger partial charge in [0.15, 0.2) is 11.5 Å². The summed E-state index contributed by atoms with van der Waals surface area (Å²) in [5.74, 6) is 0.240. The van der Waals surface area contributed by atoms with E-state index in [0.717, 1.165) is 11.1 Å². The highest BCUT2D eigenvalue weighted by Crippen LogP contribution is 2.20. The minimum atomic E-state index is -0.308. The van der Waals surface area contributed by atoms with Crippen molar-refractivity contribution in [3.63, 3.8) is 0 Å². The molecule has 24 heavy (non-hydrogen) atoms. The molecule has 5 heteroatoms. The minimum absolute atomic E-state index is 0.206. The molecule has 0 fully saturated rings. The number of carbonyl (C=O) groups is 1. The summed E-state index contributed by atoms with van der Waals surface area (Å²) in [7, 11) is 0. The zero-order valence-corrected chi connectivity index (χ0v) is 13.1.